The van der Waals surface area contributed by atoms with Gasteiger partial charge in [0.25, 0.3) is 0 Å². The van der Waals surface area contributed by atoms with Crippen LogP contribution in [0.15, 0.2) is 58.8 Å². The average Bonchev–Trinajstić information content (AvgIpc) is 3.24. The van der Waals surface area contributed by atoms with E-state index in [1.165, 1.54) is 23.0 Å². The lowest BCUT2D eigenvalue weighted by molar-refractivity contribution is -0.137. The third kappa shape index (κ3) is 4.62. The van der Waals surface area contributed by atoms with Crippen molar-refractivity contribution in [2.75, 3.05) is 18.0 Å². The Kier molecular flexibility index (Phi) is 5.83. The van der Waals surface area contributed by atoms with Crippen molar-refractivity contribution in [3.05, 3.63) is 65.0 Å². The van der Waals surface area contributed by atoms with E-state index < -0.39 is 26.8 Å². The van der Waals surface area contributed by atoms with Gasteiger partial charge in [0.1, 0.15) is 0 Å². The van der Waals surface area contributed by atoms with Crippen molar-refractivity contribution in [1.82, 2.24) is 4.98 Å². The molecule has 0 unspecified atom stereocenters. The molecule has 1 aliphatic heterocycles. The Morgan fingerprint density at radius 2 is 1.74 bits per heavy atom. The minimum Gasteiger partial charge on any atom is -0.348 e. The van der Waals surface area contributed by atoms with E-state index >= 15 is 0 Å². The first-order chi connectivity index (χ1) is 14.6. The van der Waals surface area contributed by atoms with Gasteiger partial charge in [-0.2, -0.15) is 13.2 Å². The Morgan fingerprint density at radius 1 is 1.06 bits per heavy atom. The standard InChI is InChI=1S/C22H21F3N2O2S2/c1-15-5-7-16(8-6-15)20-14-30-21(26-20)27-11-9-18(10-12-27)31(28,29)19-4-2-3-17(13-19)22(23,24)25/h2-8,13-14,18H,9-12H2,1H3. The molecular weight excluding hydrogens is 445 g/mol. The van der Waals surface area contributed by atoms with E-state index in [2.05, 4.69) is 4.98 Å². The lowest BCUT2D eigenvalue weighted by Gasteiger charge is -2.31. The molecule has 1 fully saturated rings. The average molecular weight is 467 g/mol. The van der Waals surface area contributed by atoms with E-state index in [1.807, 2.05) is 41.5 Å². The van der Waals surface area contributed by atoms with Crippen LogP contribution < -0.4 is 4.90 Å². The number of sulfone groups is 1. The molecule has 0 saturated carbocycles. The molecule has 0 aliphatic carbocycles. The van der Waals surface area contributed by atoms with Crippen LogP contribution in [-0.2, 0) is 16.0 Å². The fraction of sp³-hybridized carbons (Fsp3) is 0.318. The summed E-state index contributed by atoms with van der Waals surface area (Å²) in [6.45, 7) is 3.00. The minimum atomic E-state index is -4.57. The molecule has 9 heteroatoms. The maximum atomic E-state index is 13.0. The minimum absolute atomic E-state index is 0.267. The van der Waals surface area contributed by atoms with Crippen LogP contribution in [0.2, 0.25) is 0 Å². The van der Waals surface area contributed by atoms with Crippen LogP contribution in [0.5, 0.6) is 0 Å². The van der Waals surface area contributed by atoms with Crippen LogP contribution in [0.25, 0.3) is 11.3 Å². The van der Waals surface area contributed by atoms with Gasteiger partial charge in [-0.15, -0.1) is 11.3 Å². The molecule has 164 valence electrons. The monoisotopic (exact) mass is 466 g/mol. The van der Waals surface area contributed by atoms with Gasteiger partial charge in [-0.1, -0.05) is 35.9 Å². The van der Waals surface area contributed by atoms with Crippen molar-refractivity contribution < 1.29 is 21.6 Å². The Bertz CT molecular complexity index is 1160. The van der Waals surface area contributed by atoms with Gasteiger partial charge in [-0.05, 0) is 38.0 Å². The molecule has 2 aromatic carbocycles. The van der Waals surface area contributed by atoms with E-state index in [4.69, 9.17) is 0 Å². The lowest BCUT2D eigenvalue weighted by Crippen LogP contribution is -2.39. The molecule has 31 heavy (non-hydrogen) atoms. The number of aromatic nitrogens is 1. The predicted octanol–water partition coefficient (Wildman–Crippen LogP) is 5.58. The van der Waals surface area contributed by atoms with E-state index in [0.717, 1.165) is 34.6 Å². The van der Waals surface area contributed by atoms with Crippen molar-refractivity contribution in [1.29, 1.82) is 0 Å². The van der Waals surface area contributed by atoms with E-state index in [9.17, 15) is 21.6 Å². The van der Waals surface area contributed by atoms with Gasteiger partial charge in [0.05, 0.1) is 21.4 Å². The van der Waals surface area contributed by atoms with Gasteiger partial charge in [-0.25, -0.2) is 13.4 Å². The van der Waals surface area contributed by atoms with Crippen LogP contribution in [0.3, 0.4) is 0 Å². The molecular formula is C22H21F3N2O2S2. The summed E-state index contributed by atoms with van der Waals surface area (Å²) in [4.78, 5) is 6.46. The molecule has 0 amide bonds. The van der Waals surface area contributed by atoms with E-state index in [-0.39, 0.29) is 4.90 Å². The second-order valence-corrected chi connectivity index (χ2v) is 10.7. The first-order valence-electron chi connectivity index (χ1n) is 9.83. The largest absolute Gasteiger partial charge is 0.416 e. The Morgan fingerprint density at radius 3 is 2.39 bits per heavy atom. The summed E-state index contributed by atoms with van der Waals surface area (Å²) in [5, 5.41) is 2.10. The summed E-state index contributed by atoms with van der Waals surface area (Å²) in [6.07, 6.45) is -3.88. The molecule has 0 N–H and O–H groups in total. The zero-order valence-electron chi connectivity index (χ0n) is 16.8. The zero-order valence-corrected chi connectivity index (χ0v) is 18.4. The Labute approximate surface area is 183 Å². The molecule has 1 saturated heterocycles. The van der Waals surface area contributed by atoms with Crippen molar-refractivity contribution in [3.8, 4) is 11.3 Å². The number of nitrogens with zero attached hydrogens (tertiary/aromatic N) is 2. The number of halogens is 3. The number of hydrogen-bond donors (Lipinski definition) is 0. The van der Waals surface area contributed by atoms with Crippen LogP contribution in [0.1, 0.15) is 24.0 Å². The van der Waals surface area contributed by atoms with Gasteiger partial charge in [0.2, 0.25) is 0 Å². The number of piperidine rings is 1. The van der Waals surface area contributed by atoms with Crippen LogP contribution in [0, 0.1) is 6.92 Å². The second kappa shape index (κ2) is 8.27. The molecule has 4 nitrogen and oxygen atoms in total. The predicted molar refractivity (Wildman–Crippen MR) is 116 cm³/mol. The maximum Gasteiger partial charge on any atom is 0.416 e. The van der Waals surface area contributed by atoms with Crippen molar-refractivity contribution in [2.45, 2.75) is 36.1 Å². The molecule has 1 aliphatic rings. The highest BCUT2D eigenvalue weighted by Crippen LogP contribution is 2.34. The van der Waals surface area contributed by atoms with Gasteiger partial charge < -0.3 is 4.90 Å². The molecule has 1 aromatic heterocycles. The summed E-state index contributed by atoms with van der Waals surface area (Å²) in [5.74, 6) is 0. The first-order valence-corrected chi connectivity index (χ1v) is 12.3. The molecule has 0 spiro atoms. The van der Waals surface area contributed by atoms with Gasteiger partial charge in [0.15, 0.2) is 15.0 Å². The third-order valence-corrected chi connectivity index (χ3v) is 8.64. The van der Waals surface area contributed by atoms with Crippen molar-refractivity contribution in [2.24, 2.45) is 0 Å². The lowest BCUT2D eigenvalue weighted by atomic mass is 10.1. The first kappa shape index (κ1) is 21.8. The van der Waals surface area contributed by atoms with Gasteiger partial charge in [-0.3, -0.25) is 0 Å². The molecule has 0 radical (unpaired) electrons. The molecule has 2 heterocycles. The number of anilines is 1. The topological polar surface area (TPSA) is 50.3 Å². The molecule has 0 bridgehead atoms. The number of rotatable bonds is 4. The number of hydrogen-bond acceptors (Lipinski definition) is 5. The molecule has 0 atom stereocenters. The zero-order chi connectivity index (χ0) is 22.2. The molecule has 4 rings (SSSR count). The maximum absolute atomic E-state index is 13.0. The van der Waals surface area contributed by atoms with Crippen LogP contribution >= 0.6 is 11.3 Å². The summed E-state index contributed by atoms with van der Waals surface area (Å²) in [5.41, 5.74) is 2.12. The number of aryl methyl sites for hydroxylation is 1. The fourth-order valence-electron chi connectivity index (χ4n) is 3.67. The van der Waals surface area contributed by atoms with Gasteiger partial charge in [0, 0.05) is 24.0 Å². The number of benzene rings is 2. The SMILES string of the molecule is Cc1ccc(-c2csc(N3CCC(S(=O)(=O)c4cccc(C(F)(F)F)c4)CC3)n2)cc1. The summed E-state index contributed by atoms with van der Waals surface area (Å²) in [7, 11) is -3.84. The third-order valence-electron chi connectivity index (χ3n) is 5.48. The summed E-state index contributed by atoms with van der Waals surface area (Å²) in [6, 6.07) is 12.1. The van der Waals surface area contributed by atoms with Crippen molar-refractivity contribution >= 4 is 26.3 Å². The Balaban J connectivity index is 1.46. The van der Waals surface area contributed by atoms with Crippen LogP contribution in [-0.4, -0.2) is 31.7 Å². The van der Waals surface area contributed by atoms with Gasteiger partial charge >= 0.3 is 6.18 Å². The highest BCUT2D eigenvalue weighted by atomic mass is 32.2. The quantitative estimate of drug-likeness (QED) is 0.504. The number of thiazole rings is 1. The Hall–Kier alpha value is -2.39. The normalized spacial score (nSPS) is 15.9. The van der Waals surface area contributed by atoms with E-state index in [1.54, 1.807) is 0 Å². The summed E-state index contributed by atoms with van der Waals surface area (Å²) < 4.78 is 64.8. The summed E-state index contributed by atoms with van der Waals surface area (Å²) >= 11 is 1.51. The fourth-order valence-corrected chi connectivity index (χ4v) is 6.33. The number of alkyl halides is 3. The highest BCUT2D eigenvalue weighted by molar-refractivity contribution is 7.92. The smallest absolute Gasteiger partial charge is 0.348 e. The molecule has 3 aromatic rings. The van der Waals surface area contributed by atoms with E-state index in [0.29, 0.717) is 25.9 Å². The highest BCUT2D eigenvalue weighted by Gasteiger charge is 2.35. The van der Waals surface area contributed by atoms with Crippen LogP contribution in [0.4, 0.5) is 18.3 Å². The van der Waals surface area contributed by atoms with Crippen molar-refractivity contribution in [3.63, 3.8) is 0 Å². The second-order valence-electron chi connectivity index (χ2n) is 7.64.